The molecule has 0 aromatic heterocycles. The van der Waals surface area contributed by atoms with Crippen LogP contribution < -0.4 is 10.0 Å². The van der Waals surface area contributed by atoms with Gasteiger partial charge in [-0.3, -0.25) is 4.79 Å². The van der Waals surface area contributed by atoms with Gasteiger partial charge in [-0.2, -0.15) is 0 Å². The van der Waals surface area contributed by atoms with Crippen LogP contribution in [0.4, 0.5) is 0 Å². The lowest BCUT2D eigenvalue weighted by Gasteiger charge is -2.35. The van der Waals surface area contributed by atoms with Crippen LogP contribution >= 0.6 is 39.1 Å². The van der Waals surface area contributed by atoms with E-state index in [1.54, 1.807) is 0 Å². The average Bonchev–Trinajstić information content (AvgIpc) is 2.65. The number of carbonyl (C=O) groups excluding carboxylic acids is 1. The molecule has 0 aromatic rings. The summed E-state index contributed by atoms with van der Waals surface area (Å²) in [4.78, 5) is 13.3. The van der Waals surface area contributed by atoms with Crippen molar-refractivity contribution >= 4 is 55.1 Å². The summed E-state index contributed by atoms with van der Waals surface area (Å²) in [6.45, 7) is 0. The van der Waals surface area contributed by atoms with Crippen LogP contribution in [-0.2, 0) is 14.8 Å². The van der Waals surface area contributed by atoms with Crippen molar-refractivity contribution < 1.29 is 13.2 Å². The SMILES string of the molecule is O=C(NC1CCC(Cl)CC1)C1CC(S(=O)(=O)NC2CCC(Br)CC2)CCC1Cl. The Morgan fingerprint density at radius 3 is 2.11 bits per heavy atom. The largest absolute Gasteiger partial charge is 0.353 e. The topological polar surface area (TPSA) is 75.3 Å². The highest BCUT2D eigenvalue weighted by molar-refractivity contribution is 9.09. The lowest BCUT2D eigenvalue weighted by Crippen LogP contribution is -2.49. The summed E-state index contributed by atoms with van der Waals surface area (Å²) < 4.78 is 28.8. The van der Waals surface area contributed by atoms with E-state index in [9.17, 15) is 13.2 Å². The van der Waals surface area contributed by atoms with Gasteiger partial charge in [-0.1, -0.05) is 15.9 Å². The van der Waals surface area contributed by atoms with Gasteiger partial charge in [0.2, 0.25) is 15.9 Å². The molecule has 3 unspecified atom stereocenters. The van der Waals surface area contributed by atoms with Crippen molar-refractivity contribution in [1.29, 1.82) is 0 Å². The highest BCUT2D eigenvalue weighted by atomic mass is 79.9. The fraction of sp³-hybridized carbons (Fsp3) is 0.947. The molecule has 3 saturated carbocycles. The zero-order valence-corrected chi connectivity index (χ0v) is 20.0. The van der Waals surface area contributed by atoms with Crippen molar-refractivity contribution in [3.05, 3.63) is 0 Å². The third kappa shape index (κ3) is 6.22. The molecule has 0 aromatic carbocycles. The number of rotatable bonds is 5. The quantitative estimate of drug-likeness (QED) is 0.540. The van der Waals surface area contributed by atoms with Gasteiger partial charge >= 0.3 is 0 Å². The molecular formula is C19H31BrCl2N2O3S. The normalized spacial score (nSPS) is 40.0. The Morgan fingerprint density at radius 1 is 0.857 bits per heavy atom. The number of amides is 1. The maximum absolute atomic E-state index is 12.9. The maximum Gasteiger partial charge on any atom is 0.224 e. The summed E-state index contributed by atoms with van der Waals surface area (Å²) in [6.07, 6.45) is 8.59. The Labute approximate surface area is 187 Å². The fourth-order valence-electron chi connectivity index (χ4n) is 4.65. The summed E-state index contributed by atoms with van der Waals surface area (Å²) in [5, 5.41) is 2.44. The van der Waals surface area contributed by atoms with E-state index in [0.29, 0.717) is 24.1 Å². The zero-order chi connectivity index (χ0) is 20.3. The number of halogens is 3. The van der Waals surface area contributed by atoms with Crippen LogP contribution in [-0.4, -0.2) is 47.2 Å². The van der Waals surface area contributed by atoms with Crippen molar-refractivity contribution in [2.75, 3.05) is 0 Å². The second-order valence-electron chi connectivity index (χ2n) is 8.63. The van der Waals surface area contributed by atoms with Crippen molar-refractivity contribution in [1.82, 2.24) is 10.0 Å². The number of alkyl halides is 3. The van der Waals surface area contributed by atoms with Gasteiger partial charge in [-0.25, -0.2) is 13.1 Å². The minimum absolute atomic E-state index is 0.00513. The first-order valence-electron chi connectivity index (χ1n) is 10.5. The second-order valence-corrected chi connectivity index (χ2v) is 13.1. The molecule has 3 fully saturated rings. The van der Waals surface area contributed by atoms with E-state index in [1.807, 2.05) is 0 Å². The van der Waals surface area contributed by atoms with E-state index in [4.69, 9.17) is 23.2 Å². The van der Waals surface area contributed by atoms with Crippen molar-refractivity contribution in [3.8, 4) is 0 Å². The van der Waals surface area contributed by atoms with Gasteiger partial charge in [0.25, 0.3) is 0 Å². The van der Waals surface area contributed by atoms with Crippen LogP contribution in [0.2, 0.25) is 0 Å². The highest BCUT2D eigenvalue weighted by Crippen LogP contribution is 2.34. The molecule has 5 nitrogen and oxygen atoms in total. The van der Waals surface area contributed by atoms with Crippen molar-refractivity contribution in [2.24, 2.45) is 5.92 Å². The summed E-state index contributed by atoms with van der Waals surface area (Å²) >= 11 is 16.2. The number of hydrogen-bond acceptors (Lipinski definition) is 3. The highest BCUT2D eigenvalue weighted by Gasteiger charge is 2.41. The van der Waals surface area contributed by atoms with Crippen LogP contribution in [0.1, 0.15) is 70.6 Å². The molecular weight excluding hydrogens is 487 g/mol. The number of nitrogens with one attached hydrogen (secondary N) is 2. The van der Waals surface area contributed by atoms with E-state index in [2.05, 4.69) is 26.0 Å². The fourth-order valence-corrected chi connectivity index (χ4v) is 7.58. The number of carbonyl (C=O) groups is 1. The zero-order valence-electron chi connectivity index (χ0n) is 16.1. The number of sulfonamides is 1. The first-order valence-corrected chi connectivity index (χ1v) is 13.8. The Bertz CT molecular complexity index is 635. The standard InChI is InChI=1S/C19H31BrCl2N2O3S/c20-12-1-5-15(6-2-12)24-28(26,27)16-9-10-18(22)17(11-16)19(25)23-14-7-3-13(21)4-8-14/h12-18,24H,1-11H2,(H,23,25). The Balaban J connectivity index is 1.56. The van der Waals surface area contributed by atoms with Gasteiger partial charge in [0, 0.05) is 27.7 Å². The predicted molar refractivity (Wildman–Crippen MR) is 118 cm³/mol. The molecule has 162 valence electrons. The van der Waals surface area contributed by atoms with E-state index >= 15 is 0 Å². The first-order chi connectivity index (χ1) is 13.2. The Morgan fingerprint density at radius 2 is 1.46 bits per heavy atom. The lowest BCUT2D eigenvalue weighted by atomic mass is 9.86. The second kappa shape index (κ2) is 10.2. The van der Waals surface area contributed by atoms with Gasteiger partial charge in [0.1, 0.15) is 0 Å². The van der Waals surface area contributed by atoms with Crippen LogP contribution in [0.15, 0.2) is 0 Å². The summed E-state index contributed by atoms with van der Waals surface area (Å²) in [6, 6.07) is 0.131. The average molecular weight is 518 g/mol. The van der Waals surface area contributed by atoms with E-state index < -0.39 is 21.2 Å². The van der Waals surface area contributed by atoms with Gasteiger partial charge in [-0.05, 0) is 70.6 Å². The van der Waals surface area contributed by atoms with Gasteiger partial charge < -0.3 is 5.32 Å². The van der Waals surface area contributed by atoms with Gasteiger partial charge in [0.15, 0.2) is 0 Å². The molecule has 1 amide bonds. The van der Waals surface area contributed by atoms with Crippen molar-refractivity contribution in [3.63, 3.8) is 0 Å². The first kappa shape index (κ1) is 23.1. The monoisotopic (exact) mass is 516 g/mol. The van der Waals surface area contributed by atoms with E-state index in [1.165, 1.54) is 0 Å². The van der Waals surface area contributed by atoms with E-state index in [0.717, 1.165) is 51.4 Å². The Hall–Kier alpha value is 0.440. The summed E-state index contributed by atoms with van der Waals surface area (Å²) in [7, 11) is -3.45. The molecule has 3 atom stereocenters. The van der Waals surface area contributed by atoms with Gasteiger partial charge in [-0.15, -0.1) is 23.2 Å². The Kier molecular flexibility index (Phi) is 8.39. The minimum atomic E-state index is -3.45. The predicted octanol–water partition coefficient (Wildman–Crippen LogP) is 4.05. The molecule has 9 heteroatoms. The van der Waals surface area contributed by atoms with Crippen LogP contribution in [0, 0.1) is 5.92 Å². The molecule has 3 aliphatic rings. The molecule has 0 heterocycles. The molecule has 3 aliphatic carbocycles. The molecule has 0 spiro atoms. The molecule has 0 aliphatic heterocycles. The third-order valence-electron chi connectivity index (χ3n) is 6.48. The van der Waals surface area contributed by atoms with E-state index in [-0.39, 0.29) is 28.7 Å². The molecule has 0 bridgehead atoms. The lowest BCUT2D eigenvalue weighted by molar-refractivity contribution is -0.126. The minimum Gasteiger partial charge on any atom is -0.353 e. The molecule has 2 N–H and O–H groups in total. The molecule has 0 radical (unpaired) electrons. The number of hydrogen-bond donors (Lipinski definition) is 2. The molecule has 28 heavy (non-hydrogen) atoms. The molecule has 3 rings (SSSR count). The third-order valence-corrected chi connectivity index (χ3v) is 10.3. The maximum atomic E-state index is 12.9. The van der Waals surface area contributed by atoms with Crippen LogP contribution in [0.3, 0.4) is 0 Å². The summed E-state index contributed by atoms with van der Waals surface area (Å²) in [5.41, 5.74) is 0. The smallest absolute Gasteiger partial charge is 0.224 e. The van der Waals surface area contributed by atoms with Gasteiger partial charge in [0.05, 0.1) is 11.2 Å². The van der Waals surface area contributed by atoms with Crippen LogP contribution in [0.25, 0.3) is 0 Å². The van der Waals surface area contributed by atoms with Crippen molar-refractivity contribution in [2.45, 2.75) is 104 Å². The molecule has 0 saturated heterocycles. The van der Waals surface area contributed by atoms with Crippen LogP contribution in [0.5, 0.6) is 0 Å². The summed E-state index contributed by atoms with van der Waals surface area (Å²) in [5.74, 6) is -0.554.